The lowest BCUT2D eigenvalue weighted by Crippen LogP contribution is -2.18. The van der Waals surface area contributed by atoms with Crippen molar-refractivity contribution in [1.29, 1.82) is 0 Å². The number of hydrogen-bond acceptors (Lipinski definition) is 4. The van der Waals surface area contributed by atoms with Gasteiger partial charge in [-0.05, 0) is 19.1 Å². The van der Waals surface area contributed by atoms with Gasteiger partial charge in [0.1, 0.15) is 5.55 Å². The first-order valence-electron chi connectivity index (χ1n) is 4.13. The van der Waals surface area contributed by atoms with E-state index in [2.05, 4.69) is 5.10 Å². The molecule has 1 unspecified atom stereocenters. The highest BCUT2D eigenvalue weighted by Gasteiger charge is 2.11. The lowest BCUT2D eigenvalue weighted by molar-refractivity contribution is 0.577. The molecule has 0 spiro atoms. The van der Waals surface area contributed by atoms with Crippen molar-refractivity contribution >= 4 is 26.7 Å². The molecule has 0 bridgehead atoms. The molecule has 1 aromatic rings. The summed E-state index contributed by atoms with van der Waals surface area (Å²) in [6, 6.07) is 6.12. The standard InChI is InChI=1S/C8H10N2O4S2/c1-7-2-4-8(5-3-7)16(13,14)10-9-6-15(11)12/h2-6,10H,1H3,(H,11,12). The molecule has 88 valence electrons. The minimum absolute atomic E-state index is 0.0407. The predicted molar refractivity (Wildman–Crippen MR) is 60.8 cm³/mol. The van der Waals surface area contributed by atoms with E-state index in [1.807, 2.05) is 11.8 Å². The average Bonchev–Trinajstić information content (AvgIpc) is 2.17. The Balaban J connectivity index is 2.86. The summed E-state index contributed by atoms with van der Waals surface area (Å²) in [6.45, 7) is 1.83. The van der Waals surface area contributed by atoms with Crippen molar-refractivity contribution in [3.05, 3.63) is 29.8 Å². The normalized spacial score (nSPS) is 13.9. The van der Waals surface area contributed by atoms with Crippen molar-refractivity contribution in [2.45, 2.75) is 11.8 Å². The number of nitrogens with one attached hydrogen (secondary N) is 1. The van der Waals surface area contributed by atoms with Gasteiger partial charge in [0.2, 0.25) is 0 Å². The number of hydrogen-bond donors (Lipinski definition) is 2. The second kappa shape index (κ2) is 5.19. The highest BCUT2D eigenvalue weighted by atomic mass is 32.2. The summed E-state index contributed by atoms with van der Waals surface area (Å²) in [6.07, 6.45) is 0. The number of nitrogens with zero attached hydrogens (tertiary/aromatic N) is 1. The molecule has 6 nitrogen and oxygen atoms in total. The van der Waals surface area contributed by atoms with Crippen LogP contribution in [0, 0.1) is 6.92 Å². The maximum Gasteiger partial charge on any atom is 0.276 e. The summed E-state index contributed by atoms with van der Waals surface area (Å²) in [5.41, 5.74) is 1.50. The smallest absolute Gasteiger partial charge is 0.276 e. The van der Waals surface area contributed by atoms with Gasteiger partial charge in [-0.15, -0.1) is 0 Å². The summed E-state index contributed by atoms with van der Waals surface area (Å²) in [5.74, 6) is 0. The number of rotatable bonds is 4. The number of sulfonamides is 1. The van der Waals surface area contributed by atoms with E-state index in [-0.39, 0.29) is 4.90 Å². The van der Waals surface area contributed by atoms with E-state index >= 15 is 0 Å². The number of aryl methyl sites for hydroxylation is 1. The van der Waals surface area contributed by atoms with Crippen LogP contribution in [-0.4, -0.2) is 22.7 Å². The van der Waals surface area contributed by atoms with Crippen LogP contribution in [0.25, 0.3) is 0 Å². The molecule has 8 heteroatoms. The van der Waals surface area contributed by atoms with Crippen molar-refractivity contribution in [3.63, 3.8) is 0 Å². The van der Waals surface area contributed by atoms with Crippen LogP contribution in [0.3, 0.4) is 0 Å². The Labute approximate surface area is 95.7 Å². The molecule has 0 aliphatic heterocycles. The van der Waals surface area contributed by atoms with Crippen LogP contribution in [0.1, 0.15) is 5.56 Å². The first-order chi connectivity index (χ1) is 7.42. The second-order valence-electron chi connectivity index (χ2n) is 2.92. The lowest BCUT2D eigenvalue weighted by atomic mass is 10.2. The summed E-state index contributed by atoms with van der Waals surface area (Å²) < 4.78 is 41.6. The topological polar surface area (TPSA) is 95.8 Å². The largest absolute Gasteiger partial charge is 0.301 e. The van der Waals surface area contributed by atoms with E-state index in [9.17, 15) is 12.6 Å². The Morgan fingerprint density at radius 1 is 1.38 bits per heavy atom. The Hall–Kier alpha value is -1.25. The van der Waals surface area contributed by atoms with E-state index in [1.165, 1.54) is 12.1 Å². The zero-order valence-electron chi connectivity index (χ0n) is 8.32. The summed E-state index contributed by atoms with van der Waals surface area (Å²) in [7, 11) is -3.77. The van der Waals surface area contributed by atoms with Crippen LogP contribution in [-0.2, 0) is 21.1 Å². The van der Waals surface area contributed by atoms with E-state index < -0.39 is 21.1 Å². The fourth-order valence-corrected chi connectivity index (χ4v) is 1.91. The molecule has 0 aliphatic carbocycles. The van der Waals surface area contributed by atoms with Gasteiger partial charge in [-0.25, -0.2) is 4.21 Å². The second-order valence-corrected chi connectivity index (χ2v) is 5.34. The first kappa shape index (κ1) is 12.8. The Kier molecular flexibility index (Phi) is 4.16. The maximum absolute atomic E-state index is 11.5. The van der Waals surface area contributed by atoms with Crippen molar-refractivity contribution in [3.8, 4) is 0 Å². The SMILES string of the molecule is Cc1ccc(S(=O)(=O)NN=CS(=O)O)cc1. The maximum atomic E-state index is 11.5. The van der Waals surface area contributed by atoms with Gasteiger partial charge in [-0.3, -0.25) is 0 Å². The summed E-state index contributed by atoms with van der Waals surface area (Å²) in [5, 5.41) is 3.13. The number of benzene rings is 1. The third-order valence-corrected chi connectivity index (χ3v) is 3.17. The zero-order chi connectivity index (χ0) is 12.2. The highest BCUT2D eigenvalue weighted by Crippen LogP contribution is 2.09. The van der Waals surface area contributed by atoms with E-state index in [0.717, 1.165) is 5.56 Å². The van der Waals surface area contributed by atoms with E-state index in [1.54, 1.807) is 12.1 Å². The molecule has 0 saturated carbocycles. The molecule has 0 aromatic heterocycles. The molecule has 0 heterocycles. The minimum Gasteiger partial charge on any atom is -0.301 e. The van der Waals surface area contributed by atoms with Gasteiger partial charge in [-0.2, -0.15) is 18.4 Å². The van der Waals surface area contributed by atoms with Crippen molar-refractivity contribution in [2.24, 2.45) is 5.10 Å². The van der Waals surface area contributed by atoms with Crippen LogP contribution in [0.5, 0.6) is 0 Å². The van der Waals surface area contributed by atoms with Crippen LogP contribution >= 0.6 is 0 Å². The van der Waals surface area contributed by atoms with Crippen LogP contribution in [0.4, 0.5) is 0 Å². The van der Waals surface area contributed by atoms with Crippen molar-refractivity contribution < 1.29 is 17.2 Å². The minimum atomic E-state index is -3.77. The predicted octanol–water partition coefficient (Wildman–Crippen LogP) is 0.438. The van der Waals surface area contributed by atoms with Crippen molar-refractivity contribution in [2.75, 3.05) is 0 Å². The third kappa shape index (κ3) is 3.72. The van der Waals surface area contributed by atoms with E-state index in [4.69, 9.17) is 4.55 Å². The molecule has 0 radical (unpaired) electrons. The monoisotopic (exact) mass is 262 g/mol. The molecule has 2 N–H and O–H groups in total. The molecule has 0 saturated heterocycles. The van der Waals surface area contributed by atoms with Gasteiger partial charge in [0.05, 0.1) is 4.90 Å². The van der Waals surface area contributed by atoms with Gasteiger partial charge in [0, 0.05) is 0 Å². The van der Waals surface area contributed by atoms with Crippen LogP contribution in [0.15, 0.2) is 34.3 Å². The molecule has 0 fully saturated rings. The Morgan fingerprint density at radius 2 is 1.94 bits per heavy atom. The fourth-order valence-electron chi connectivity index (χ4n) is 0.906. The Bertz CT molecular complexity index is 507. The molecule has 0 amide bonds. The lowest BCUT2D eigenvalue weighted by Gasteiger charge is -2.02. The summed E-state index contributed by atoms with van der Waals surface area (Å²) in [4.78, 5) is 1.86. The van der Waals surface area contributed by atoms with Gasteiger partial charge >= 0.3 is 0 Å². The molecular formula is C8H10N2O4S2. The Morgan fingerprint density at radius 3 is 2.44 bits per heavy atom. The molecule has 16 heavy (non-hydrogen) atoms. The zero-order valence-corrected chi connectivity index (χ0v) is 9.96. The molecule has 1 aromatic carbocycles. The number of hydrazone groups is 1. The molecule has 1 rings (SSSR count). The van der Waals surface area contributed by atoms with Crippen LogP contribution in [0.2, 0.25) is 0 Å². The van der Waals surface area contributed by atoms with Crippen molar-refractivity contribution in [1.82, 2.24) is 4.83 Å². The molecule has 0 aliphatic rings. The highest BCUT2D eigenvalue weighted by molar-refractivity contribution is 7.93. The third-order valence-electron chi connectivity index (χ3n) is 1.65. The quantitative estimate of drug-likeness (QED) is 0.356. The molecule has 1 atom stereocenters. The van der Waals surface area contributed by atoms with Gasteiger partial charge in [0.15, 0.2) is 11.1 Å². The first-order valence-corrected chi connectivity index (χ1v) is 6.78. The van der Waals surface area contributed by atoms with E-state index in [0.29, 0.717) is 5.55 Å². The average molecular weight is 262 g/mol. The van der Waals surface area contributed by atoms with Gasteiger partial charge < -0.3 is 4.55 Å². The fraction of sp³-hybridized carbons (Fsp3) is 0.125. The summed E-state index contributed by atoms with van der Waals surface area (Å²) >= 11 is -2.28. The van der Waals surface area contributed by atoms with Gasteiger partial charge in [-0.1, -0.05) is 17.7 Å². The molecular weight excluding hydrogens is 252 g/mol. The van der Waals surface area contributed by atoms with Crippen LogP contribution < -0.4 is 4.83 Å². The van der Waals surface area contributed by atoms with Gasteiger partial charge in [0.25, 0.3) is 10.0 Å².